The van der Waals surface area contributed by atoms with Gasteiger partial charge in [0, 0.05) is 11.6 Å². The van der Waals surface area contributed by atoms with Gasteiger partial charge in [0.05, 0.1) is 18.2 Å². The SMILES string of the molecule is CCOC(=O)c1nnn(CC(=O)Nc2nccs2)c1CCl. The molecule has 2 aromatic heterocycles. The van der Waals surface area contributed by atoms with Crippen molar-refractivity contribution in [3.63, 3.8) is 0 Å². The molecule has 0 fully saturated rings. The van der Waals surface area contributed by atoms with E-state index in [4.69, 9.17) is 16.3 Å². The molecule has 2 heterocycles. The molecule has 0 bridgehead atoms. The lowest BCUT2D eigenvalue weighted by Crippen LogP contribution is -2.21. The summed E-state index contributed by atoms with van der Waals surface area (Å²) in [7, 11) is 0. The van der Waals surface area contributed by atoms with Gasteiger partial charge in [0.25, 0.3) is 0 Å². The smallest absolute Gasteiger partial charge is 0.360 e. The minimum Gasteiger partial charge on any atom is -0.461 e. The van der Waals surface area contributed by atoms with Crippen LogP contribution in [0.15, 0.2) is 11.6 Å². The van der Waals surface area contributed by atoms with Crippen molar-refractivity contribution in [3.05, 3.63) is 23.0 Å². The number of thiazole rings is 1. The van der Waals surface area contributed by atoms with Crippen molar-refractivity contribution in [1.82, 2.24) is 20.0 Å². The van der Waals surface area contributed by atoms with Crippen molar-refractivity contribution >= 4 is 39.9 Å². The number of nitrogens with zero attached hydrogens (tertiary/aromatic N) is 4. The molecule has 2 rings (SSSR count). The number of amides is 1. The molecule has 0 aliphatic rings. The Labute approximate surface area is 129 Å². The Hall–Kier alpha value is -2.00. The van der Waals surface area contributed by atoms with Crippen molar-refractivity contribution < 1.29 is 14.3 Å². The number of alkyl halides is 1. The number of aromatic nitrogens is 4. The van der Waals surface area contributed by atoms with Gasteiger partial charge >= 0.3 is 5.97 Å². The first kappa shape index (κ1) is 15.4. The molecule has 0 unspecified atom stereocenters. The predicted octanol–water partition coefficient (Wildman–Crippen LogP) is 1.29. The number of carbonyl (C=O) groups is 2. The van der Waals surface area contributed by atoms with Crippen molar-refractivity contribution in [2.24, 2.45) is 0 Å². The first-order chi connectivity index (χ1) is 10.2. The monoisotopic (exact) mass is 329 g/mol. The molecule has 0 atom stereocenters. The molecular formula is C11H12ClN5O3S. The molecule has 0 aliphatic carbocycles. The summed E-state index contributed by atoms with van der Waals surface area (Å²) >= 11 is 7.10. The normalized spacial score (nSPS) is 10.4. The van der Waals surface area contributed by atoms with Gasteiger partial charge in [0.2, 0.25) is 5.91 Å². The number of rotatable bonds is 6. The van der Waals surface area contributed by atoms with Crippen LogP contribution in [0.3, 0.4) is 0 Å². The number of hydrogen-bond acceptors (Lipinski definition) is 7. The van der Waals surface area contributed by atoms with E-state index in [1.54, 1.807) is 18.5 Å². The van der Waals surface area contributed by atoms with Crippen molar-refractivity contribution in [2.75, 3.05) is 11.9 Å². The summed E-state index contributed by atoms with van der Waals surface area (Å²) in [5, 5.41) is 12.3. The Morgan fingerprint density at radius 2 is 2.33 bits per heavy atom. The van der Waals surface area contributed by atoms with Gasteiger partial charge in [0.15, 0.2) is 10.8 Å². The molecule has 0 spiro atoms. The lowest BCUT2D eigenvalue weighted by Gasteiger charge is -2.05. The Bertz CT molecular complexity index is 628. The van der Waals surface area contributed by atoms with E-state index in [0.29, 0.717) is 10.8 Å². The average molecular weight is 330 g/mol. The highest BCUT2D eigenvalue weighted by atomic mass is 35.5. The van der Waals surface area contributed by atoms with Gasteiger partial charge in [-0.3, -0.25) is 4.79 Å². The highest BCUT2D eigenvalue weighted by Crippen LogP contribution is 2.12. The maximum Gasteiger partial charge on any atom is 0.360 e. The Balaban J connectivity index is 2.09. The van der Waals surface area contributed by atoms with Gasteiger partial charge in [0.1, 0.15) is 6.54 Å². The maximum atomic E-state index is 11.9. The second kappa shape index (κ2) is 7.14. The van der Waals surface area contributed by atoms with Crippen LogP contribution in [0.4, 0.5) is 5.13 Å². The fourth-order valence-corrected chi connectivity index (χ4v) is 2.34. The van der Waals surface area contributed by atoms with E-state index in [-0.39, 0.29) is 30.6 Å². The third kappa shape index (κ3) is 3.76. The summed E-state index contributed by atoms with van der Waals surface area (Å²) in [6.07, 6.45) is 1.58. The Morgan fingerprint density at radius 1 is 1.52 bits per heavy atom. The zero-order chi connectivity index (χ0) is 15.2. The minimum absolute atomic E-state index is 0.00825. The molecule has 0 saturated carbocycles. The number of carbonyl (C=O) groups excluding carboxylic acids is 2. The molecule has 0 saturated heterocycles. The molecule has 21 heavy (non-hydrogen) atoms. The minimum atomic E-state index is -0.611. The zero-order valence-electron chi connectivity index (χ0n) is 11.1. The van der Waals surface area contributed by atoms with Gasteiger partial charge in [-0.15, -0.1) is 28.0 Å². The lowest BCUT2D eigenvalue weighted by atomic mass is 10.3. The first-order valence-corrected chi connectivity index (χ1v) is 7.42. The van der Waals surface area contributed by atoms with Gasteiger partial charge in [-0.25, -0.2) is 14.5 Å². The summed E-state index contributed by atoms with van der Waals surface area (Å²) in [5.74, 6) is -0.956. The number of hydrogen-bond donors (Lipinski definition) is 1. The van der Waals surface area contributed by atoms with Crippen LogP contribution in [0.1, 0.15) is 23.1 Å². The molecule has 112 valence electrons. The predicted molar refractivity (Wildman–Crippen MR) is 76.3 cm³/mol. The molecule has 2 aromatic rings. The van der Waals surface area contributed by atoms with Gasteiger partial charge in [-0.1, -0.05) is 5.21 Å². The molecule has 10 heteroatoms. The molecule has 0 radical (unpaired) electrons. The van der Waals surface area contributed by atoms with E-state index < -0.39 is 5.97 Å². The molecule has 8 nitrogen and oxygen atoms in total. The second-order valence-electron chi connectivity index (χ2n) is 3.78. The van der Waals surface area contributed by atoms with Crippen LogP contribution in [0.5, 0.6) is 0 Å². The Morgan fingerprint density at radius 3 is 2.95 bits per heavy atom. The van der Waals surface area contributed by atoms with E-state index in [9.17, 15) is 9.59 Å². The number of esters is 1. The lowest BCUT2D eigenvalue weighted by molar-refractivity contribution is -0.117. The largest absolute Gasteiger partial charge is 0.461 e. The quantitative estimate of drug-likeness (QED) is 0.633. The van der Waals surface area contributed by atoms with Crippen LogP contribution in [0, 0.1) is 0 Å². The highest BCUT2D eigenvalue weighted by Gasteiger charge is 2.21. The number of anilines is 1. The van der Waals surface area contributed by atoms with Crippen LogP contribution in [0.2, 0.25) is 0 Å². The van der Waals surface area contributed by atoms with E-state index >= 15 is 0 Å². The van der Waals surface area contributed by atoms with Crippen LogP contribution in [-0.2, 0) is 22.0 Å². The van der Waals surface area contributed by atoms with Crippen molar-refractivity contribution in [3.8, 4) is 0 Å². The van der Waals surface area contributed by atoms with E-state index in [0.717, 1.165) is 0 Å². The topological polar surface area (TPSA) is 99.0 Å². The summed E-state index contributed by atoms with van der Waals surface area (Å²) in [6, 6.07) is 0. The summed E-state index contributed by atoms with van der Waals surface area (Å²) in [6.45, 7) is 1.79. The summed E-state index contributed by atoms with van der Waals surface area (Å²) in [5.41, 5.74) is 0.360. The van der Waals surface area contributed by atoms with Crippen LogP contribution in [0.25, 0.3) is 0 Å². The standard InChI is InChI=1S/C11H12ClN5O3S/c1-2-20-10(19)9-7(5-12)17(16-15-9)6-8(18)14-11-13-3-4-21-11/h3-4H,2,5-6H2,1H3,(H,13,14,18). The summed E-state index contributed by atoms with van der Waals surface area (Å²) in [4.78, 5) is 27.5. The second-order valence-corrected chi connectivity index (χ2v) is 4.94. The van der Waals surface area contributed by atoms with E-state index in [1.165, 1.54) is 16.0 Å². The zero-order valence-corrected chi connectivity index (χ0v) is 12.6. The molecule has 0 aliphatic heterocycles. The number of nitrogens with one attached hydrogen (secondary N) is 1. The number of halogens is 1. The number of ether oxygens (including phenoxy) is 1. The fraction of sp³-hybridized carbons (Fsp3) is 0.364. The third-order valence-corrected chi connectivity index (χ3v) is 3.35. The van der Waals surface area contributed by atoms with Crippen molar-refractivity contribution in [1.29, 1.82) is 0 Å². The van der Waals surface area contributed by atoms with Crippen LogP contribution < -0.4 is 5.32 Å². The van der Waals surface area contributed by atoms with Gasteiger partial charge in [-0.2, -0.15) is 0 Å². The van der Waals surface area contributed by atoms with Crippen LogP contribution >= 0.6 is 22.9 Å². The van der Waals surface area contributed by atoms with Gasteiger partial charge < -0.3 is 10.1 Å². The first-order valence-electron chi connectivity index (χ1n) is 6.00. The van der Waals surface area contributed by atoms with E-state index in [2.05, 4.69) is 20.6 Å². The van der Waals surface area contributed by atoms with Gasteiger partial charge in [-0.05, 0) is 6.92 Å². The van der Waals surface area contributed by atoms with E-state index in [1.807, 2.05) is 0 Å². The highest BCUT2D eigenvalue weighted by molar-refractivity contribution is 7.13. The molecule has 1 amide bonds. The Kier molecular flexibility index (Phi) is 5.23. The fourth-order valence-electron chi connectivity index (χ4n) is 1.53. The molecular weight excluding hydrogens is 318 g/mol. The maximum absolute atomic E-state index is 11.9. The molecule has 0 aromatic carbocycles. The third-order valence-electron chi connectivity index (χ3n) is 2.41. The average Bonchev–Trinajstić information content (AvgIpc) is 3.08. The van der Waals surface area contributed by atoms with Crippen LogP contribution in [-0.4, -0.2) is 38.5 Å². The summed E-state index contributed by atoms with van der Waals surface area (Å²) < 4.78 is 6.12. The molecule has 1 N–H and O–H groups in total. The van der Waals surface area contributed by atoms with Crippen molar-refractivity contribution in [2.45, 2.75) is 19.3 Å².